The van der Waals surface area contributed by atoms with Crippen molar-refractivity contribution < 1.29 is 17.5 Å². The van der Waals surface area contributed by atoms with E-state index in [1.807, 2.05) is 6.92 Å². The van der Waals surface area contributed by atoms with Gasteiger partial charge in [-0.2, -0.15) is 0 Å². The van der Waals surface area contributed by atoms with Crippen molar-refractivity contribution in [3.63, 3.8) is 0 Å². The molecule has 0 atom stereocenters. The zero-order valence-corrected chi connectivity index (χ0v) is 9.97. The molecule has 0 spiro atoms. The number of nitrogens with one attached hydrogen (secondary N) is 1. The molecule has 0 bridgehead atoms. The van der Waals surface area contributed by atoms with Gasteiger partial charge >= 0.3 is 0 Å². The summed E-state index contributed by atoms with van der Waals surface area (Å²) < 4.78 is 43.8. The SMILES string of the molecule is CCCNS(=O)(=O)c1cc(OC)ccc1F. The molecule has 0 heterocycles. The van der Waals surface area contributed by atoms with Crippen molar-refractivity contribution in [1.29, 1.82) is 0 Å². The van der Waals surface area contributed by atoms with Crippen LogP contribution in [-0.2, 0) is 10.0 Å². The maximum absolute atomic E-state index is 13.4. The number of hydrogen-bond donors (Lipinski definition) is 1. The lowest BCUT2D eigenvalue weighted by Crippen LogP contribution is -2.25. The fraction of sp³-hybridized carbons (Fsp3) is 0.400. The normalized spacial score (nSPS) is 11.4. The van der Waals surface area contributed by atoms with Gasteiger partial charge in [0.25, 0.3) is 0 Å². The molecular formula is C10H14FNO3S. The van der Waals surface area contributed by atoms with Crippen LogP contribution >= 0.6 is 0 Å². The second-order valence-electron chi connectivity index (χ2n) is 3.19. The van der Waals surface area contributed by atoms with Gasteiger partial charge in [-0.15, -0.1) is 0 Å². The van der Waals surface area contributed by atoms with Crippen molar-refractivity contribution >= 4 is 10.0 Å². The molecule has 0 fully saturated rings. The minimum absolute atomic E-state index is 0.277. The Hall–Kier alpha value is -1.14. The minimum Gasteiger partial charge on any atom is -0.497 e. The fourth-order valence-electron chi connectivity index (χ4n) is 1.13. The number of ether oxygens (including phenoxy) is 1. The van der Waals surface area contributed by atoms with Crippen molar-refractivity contribution in [3.05, 3.63) is 24.0 Å². The highest BCUT2D eigenvalue weighted by atomic mass is 32.2. The van der Waals surface area contributed by atoms with Gasteiger partial charge in [0, 0.05) is 12.6 Å². The molecule has 0 amide bonds. The lowest BCUT2D eigenvalue weighted by molar-refractivity contribution is 0.411. The molecule has 4 nitrogen and oxygen atoms in total. The number of sulfonamides is 1. The van der Waals surface area contributed by atoms with E-state index >= 15 is 0 Å². The minimum atomic E-state index is -3.79. The van der Waals surface area contributed by atoms with Crippen molar-refractivity contribution in [3.8, 4) is 5.75 Å². The monoisotopic (exact) mass is 247 g/mol. The third-order valence-corrected chi connectivity index (χ3v) is 3.45. The van der Waals surface area contributed by atoms with E-state index in [0.717, 1.165) is 12.1 Å². The van der Waals surface area contributed by atoms with Gasteiger partial charge in [-0.1, -0.05) is 6.92 Å². The topological polar surface area (TPSA) is 55.4 Å². The van der Waals surface area contributed by atoms with Gasteiger partial charge in [0.05, 0.1) is 7.11 Å². The number of rotatable bonds is 5. The molecule has 0 saturated heterocycles. The van der Waals surface area contributed by atoms with Crippen LogP contribution in [-0.4, -0.2) is 22.1 Å². The largest absolute Gasteiger partial charge is 0.497 e. The molecule has 0 aliphatic rings. The van der Waals surface area contributed by atoms with Crippen LogP contribution in [0.3, 0.4) is 0 Å². The Balaban J connectivity index is 3.11. The Morgan fingerprint density at radius 1 is 1.44 bits per heavy atom. The molecule has 0 aliphatic heterocycles. The standard InChI is InChI=1S/C10H14FNO3S/c1-3-6-12-16(13,14)10-7-8(15-2)4-5-9(10)11/h4-5,7,12H,3,6H2,1-2H3. The van der Waals surface area contributed by atoms with Gasteiger partial charge < -0.3 is 4.74 Å². The molecule has 6 heteroatoms. The predicted molar refractivity (Wildman–Crippen MR) is 58.4 cm³/mol. The first-order valence-electron chi connectivity index (χ1n) is 4.84. The third kappa shape index (κ3) is 2.93. The molecule has 1 rings (SSSR count). The molecule has 90 valence electrons. The van der Waals surface area contributed by atoms with Gasteiger partial charge in [-0.25, -0.2) is 17.5 Å². The zero-order valence-electron chi connectivity index (χ0n) is 9.16. The lowest BCUT2D eigenvalue weighted by Gasteiger charge is -2.08. The Morgan fingerprint density at radius 3 is 2.69 bits per heavy atom. The Morgan fingerprint density at radius 2 is 2.12 bits per heavy atom. The number of benzene rings is 1. The van der Waals surface area contributed by atoms with Crippen LogP contribution in [0.1, 0.15) is 13.3 Å². The predicted octanol–water partition coefficient (Wildman–Crippen LogP) is 1.52. The van der Waals surface area contributed by atoms with E-state index < -0.39 is 15.8 Å². The zero-order chi connectivity index (χ0) is 12.2. The number of methoxy groups -OCH3 is 1. The van der Waals surface area contributed by atoms with Crippen LogP contribution in [0.25, 0.3) is 0 Å². The van der Waals surface area contributed by atoms with Gasteiger partial charge in [0.2, 0.25) is 10.0 Å². The van der Waals surface area contributed by atoms with E-state index in [4.69, 9.17) is 4.74 Å². The summed E-state index contributed by atoms with van der Waals surface area (Å²) in [6.45, 7) is 2.10. The van der Waals surface area contributed by atoms with E-state index in [9.17, 15) is 12.8 Å². The summed E-state index contributed by atoms with van der Waals surface area (Å²) in [5, 5.41) is 0. The van der Waals surface area contributed by atoms with Crippen LogP contribution in [0.15, 0.2) is 23.1 Å². The first-order valence-corrected chi connectivity index (χ1v) is 6.32. The van der Waals surface area contributed by atoms with Crippen LogP contribution in [0, 0.1) is 5.82 Å². The fourth-order valence-corrected chi connectivity index (χ4v) is 2.36. The van der Waals surface area contributed by atoms with Crippen LogP contribution in [0.4, 0.5) is 4.39 Å². The van der Waals surface area contributed by atoms with Crippen molar-refractivity contribution in [2.45, 2.75) is 18.2 Å². The first-order chi connectivity index (χ1) is 7.51. The molecule has 0 unspecified atom stereocenters. The van der Waals surface area contributed by atoms with Gasteiger partial charge in [0.1, 0.15) is 16.5 Å². The summed E-state index contributed by atoms with van der Waals surface area (Å²) in [6, 6.07) is 3.60. The summed E-state index contributed by atoms with van der Waals surface area (Å²) in [4.78, 5) is -0.389. The van der Waals surface area contributed by atoms with Crippen LogP contribution in [0.5, 0.6) is 5.75 Å². The summed E-state index contributed by atoms with van der Waals surface area (Å²) in [6.07, 6.45) is 0.644. The van der Waals surface area contributed by atoms with Crippen LogP contribution < -0.4 is 9.46 Å². The Bertz CT molecular complexity index is 459. The Kier molecular flexibility index (Phi) is 4.26. The molecule has 0 aliphatic carbocycles. The van der Waals surface area contributed by atoms with E-state index in [-0.39, 0.29) is 11.4 Å². The third-order valence-electron chi connectivity index (χ3n) is 1.97. The highest BCUT2D eigenvalue weighted by molar-refractivity contribution is 7.89. The summed E-state index contributed by atoms with van der Waals surface area (Å²) >= 11 is 0. The molecule has 16 heavy (non-hydrogen) atoms. The summed E-state index contributed by atoms with van der Waals surface area (Å²) in [5.74, 6) is -0.484. The van der Waals surface area contributed by atoms with Crippen molar-refractivity contribution in [2.24, 2.45) is 0 Å². The molecule has 0 aromatic heterocycles. The maximum Gasteiger partial charge on any atom is 0.243 e. The van der Waals surface area contributed by atoms with Gasteiger partial charge in [-0.05, 0) is 18.6 Å². The molecule has 1 aromatic rings. The Labute approximate surface area is 94.5 Å². The second kappa shape index (κ2) is 5.27. The van der Waals surface area contributed by atoms with Crippen LogP contribution in [0.2, 0.25) is 0 Å². The first kappa shape index (κ1) is 12.9. The molecule has 0 radical (unpaired) electrons. The average Bonchev–Trinajstić information content (AvgIpc) is 2.27. The van der Waals surface area contributed by atoms with Gasteiger partial charge in [-0.3, -0.25) is 0 Å². The highest BCUT2D eigenvalue weighted by Crippen LogP contribution is 2.20. The second-order valence-corrected chi connectivity index (χ2v) is 4.93. The smallest absolute Gasteiger partial charge is 0.243 e. The molecular weight excluding hydrogens is 233 g/mol. The van der Waals surface area contributed by atoms with Crippen molar-refractivity contribution in [1.82, 2.24) is 4.72 Å². The molecule has 1 N–H and O–H groups in total. The molecule has 1 aromatic carbocycles. The quantitative estimate of drug-likeness (QED) is 0.858. The number of halogens is 1. The summed E-state index contributed by atoms with van der Waals surface area (Å²) in [5.41, 5.74) is 0. The highest BCUT2D eigenvalue weighted by Gasteiger charge is 2.18. The average molecular weight is 247 g/mol. The van der Waals surface area contributed by atoms with E-state index in [1.165, 1.54) is 13.2 Å². The van der Waals surface area contributed by atoms with Gasteiger partial charge in [0.15, 0.2) is 0 Å². The molecule has 0 saturated carbocycles. The van der Waals surface area contributed by atoms with E-state index in [2.05, 4.69) is 4.72 Å². The van der Waals surface area contributed by atoms with E-state index in [1.54, 1.807) is 0 Å². The maximum atomic E-state index is 13.4. The lowest BCUT2D eigenvalue weighted by atomic mass is 10.3. The van der Waals surface area contributed by atoms with Crippen molar-refractivity contribution in [2.75, 3.05) is 13.7 Å². The van der Waals surface area contributed by atoms with E-state index in [0.29, 0.717) is 12.2 Å². The summed E-state index contributed by atoms with van der Waals surface area (Å²) in [7, 11) is -2.40. The number of hydrogen-bond acceptors (Lipinski definition) is 3.